The molecule has 0 heterocycles. The molecule has 1 amide bonds. The summed E-state index contributed by atoms with van der Waals surface area (Å²) < 4.78 is 25.6. The zero-order valence-electron chi connectivity index (χ0n) is 8.88. The van der Waals surface area contributed by atoms with E-state index in [0.29, 0.717) is 0 Å². The summed E-state index contributed by atoms with van der Waals surface area (Å²) in [5.41, 5.74) is 5.27. The molecule has 0 spiro atoms. The molecule has 0 saturated carbocycles. The van der Waals surface area contributed by atoms with Crippen molar-refractivity contribution in [3.8, 4) is 6.07 Å². The first-order valence-corrected chi connectivity index (χ1v) is 6.22. The lowest BCUT2D eigenvalue weighted by Crippen LogP contribution is -2.24. The summed E-state index contributed by atoms with van der Waals surface area (Å²) in [6, 6.07) is 7.07. The van der Waals surface area contributed by atoms with Gasteiger partial charge in [0.1, 0.15) is 0 Å². The smallest absolute Gasteiger partial charge is 0.248 e. The molecule has 0 unspecified atom stereocenters. The highest BCUT2D eigenvalue weighted by molar-refractivity contribution is 7.89. The van der Waals surface area contributed by atoms with Crippen LogP contribution in [0.25, 0.3) is 0 Å². The Bertz CT molecular complexity index is 543. The van der Waals surface area contributed by atoms with E-state index in [4.69, 9.17) is 11.0 Å². The lowest BCUT2D eigenvalue weighted by molar-refractivity contribution is 0.1000. The Hall–Kier alpha value is -1.91. The molecule has 1 aromatic carbocycles. The molecule has 0 bridgehead atoms. The minimum absolute atomic E-state index is 0.0282. The van der Waals surface area contributed by atoms with E-state index >= 15 is 0 Å². The molecular formula is C10H11N3O3S. The van der Waals surface area contributed by atoms with Crippen molar-refractivity contribution in [3.05, 3.63) is 29.8 Å². The zero-order valence-corrected chi connectivity index (χ0v) is 9.70. The zero-order chi connectivity index (χ0) is 12.9. The van der Waals surface area contributed by atoms with Crippen LogP contribution in [0.4, 0.5) is 0 Å². The van der Waals surface area contributed by atoms with E-state index in [0.717, 1.165) is 0 Å². The van der Waals surface area contributed by atoms with Crippen molar-refractivity contribution in [3.63, 3.8) is 0 Å². The molecule has 1 rings (SSSR count). The number of sulfonamides is 1. The molecule has 90 valence electrons. The minimum atomic E-state index is -3.63. The molecule has 0 fully saturated rings. The van der Waals surface area contributed by atoms with Crippen LogP contribution in [0.1, 0.15) is 16.8 Å². The molecule has 0 aliphatic carbocycles. The van der Waals surface area contributed by atoms with E-state index in [9.17, 15) is 13.2 Å². The number of carbonyl (C=O) groups is 1. The molecule has 0 aliphatic rings. The van der Waals surface area contributed by atoms with Gasteiger partial charge in [-0.25, -0.2) is 13.1 Å². The minimum Gasteiger partial charge on any atom is -0.366 e. The number of amides is 1. The summed E-state index contributed by atoms with van der Waals surface area (Å²) in [6.45, 7) is 0.0520. The fraction of sp³-hybridized carbons (Fsp3) is 0.200. The van der Waals surface area contributed by atoms with Crippen LogP contribution in [0.5, 0.6) is 0 Å². The fourth-order valence-electron chi connectivity index (χ4n) is 1.12. The van der Waals surface area contributed by atoms with Crippen molar-refractivity contribution in [2.24, 2.45) is 5.73 Å². The number of hydrogen-bond donors (Lipinski definition) is 2. The van der Waals surface area contributed by atoms with Crippen molar-refractivity contribution >= 4 is 15.9 Å². The van der Waals surface area contributed by atoms with E-state index in [2.05, 4.69) is 4.72 Å². The third-order valence-electron chi connectivity index (χ3n) is 1.98. The standard InChI is InChI=1S/C10H11N3O3S/c11-6-1-7-13-17(15,16)9-4-2-8(3-5-9)10(12)14/h2-5,13H,1,7H2,(H2,12,14). The Morgan fingerprint density at radius 3 is 2.41 bits per heavy atom. The van der Waals surface area contributed by atoms with Gasteiger partial charge >= 0.3 is 0 Å². The van der Waals surface area contributed by atoms with Gasteiger partial charge in [0.2, 0.25) is 15.9 Å². The monoisotopic (exact) mass is 253 g/mol. The number of carbonyl (C=O) groups excluding carboxylic acids is 1. The molecule has 0 saturated heterocycles. The molecule has 0 radical (unpaired) electrons. The number of nitrogens with one attached hydrogen (secondary N) is 1. The molecule has 17 heavy (non-hydrogen) atoms. The maximum absolute atomic E-state index is 11.7. The average Bonchev–Trinajstić information content (AvgIpc) is 2.29. The number of hydrogen-bond acceptors (Lipinski definition) is 4. The van der Waals surface area contributed by atoms with Crippen molar-refractivity contribution in [1.29, 1.82) is 5.26 Å². The van der Waals surface area contributed by atoms with E-state index in [1.165, 1.54) is 24.3 Å². The lowest BCUT2D eigenvalue weighted by Gasteiger charge is -2.05. The maximum atomic E-state index is 11.7. The topological polar surface area (TPSA) is 113 Å². The second-order valence-electron chi connectivity index (χ2n) is 3.19. The van der Waals surface area contributed by atoms with Crippen LogP contribution in [0.2, 0.25) is 0 Å². The van der Waals surface area contributed by atoms with Gasteiger partial charge in [-0.3, -0.25) is 4.79 Å². The van der Waals surface area contributed by atoms with Crippen LogP contribution in [0.15, 0.2) is 29.2 Å². The van der Waals surface area contributed by atoms with Crippen molar-refractivity contribution in [1.82, 2.24) is 4.72 Å². The largest absolute Gasteiger partial charge is 0.366 e. The second-order valence-corrected chi connectivity index (χ2v) is 4.96. The lowest BCUT2D eigenvalue weighted by atomic mass is 10.2. The third kappa shape index (κ3) is 3.55. The Labute approximate surface area is 99.1 Å². The Kier molecular flexibility index (Phi) is 4.20. The Balaban J connectivity index is 2.86. The first kappa shape index (κ1) is 13.2. The molecule has 1 aromatic rings. The van der Waals surface area contributed by atoms with Crippen molar-refractivity contribution in [2.45, 2.75) is 11.3 Å². The Morgan fingerprint density at radius 2 is 1.94 bits per heavy atom. The van der Waals surface area contributed by atoms with Crippen LogP contribution in [-0.2, 0) is 10.0 Å². The van der Waals surface area contributed by atoms with Crippen molar-refractivity contribution in [2.75, 3.05) is 6.54 Å². The predicted octanol–water partition coefficient (Wildman–Crippen LogP) is -0.0225. The third-order valence-corrected chi connectivity index (χ3v) is 3.45. The molecular weight excluding hydrogens is 242 g/mol. The number of benzene rings is 1. The molecule has 3 N–H and O–H groups in total. The van der Waals surface area contributed by atoms with Gasteiger partial charge in [-0.05, 0) is 24.3 Å². The summed E-state index contributed by atoms with van der Waals surface area (Å²) in [5.74, 6) is -0.619. The van der Waals surface area contributed by atoms with E-state index in [1.807, 2.05) is 6.07 Å². The molecule has 6 nitrogen and oxygen atoms in total. The van der Waals surface area contributed by atoms with Crippen LogP contribution >= 0.6 is 0 Å². The van der Waals surface area contributed by atoms with Crippen LogP contribution in [0, 0.1) is 11.3 Å². The number of nitrogens with two attached hydrogens (primary N) is 1. The fourth-order valence-corrected chi connectivity index (χ4v) is 2.15. The van der Waals surface area contributed by atoms with Crippen LogP contribution < -0.4 is 10.5 Å². The number of primary amides is 1. The first-order valence-electron chi connectivity index (χ1n) is 4.74. The highest BCUT2D eigenvalue weighted by Crippen LogP contribution is 2.09. The normalized spacial score (nSPS) is 10.8. The highest BCUT2D eigenvalue weighted by atomic mass is 32.2. The van der Waals surface area contributed by atoms with Gasteiger partial charge in [-0.2, -0.15) is 5.26 Å². The highest BCUT2D eigenvalue weighted by Gasteiger charge is 2.13. The maximum Gasteiger partial charge on any atom is 0.248 e. The summed E-state index contributed by atoms with van der Waals surface area (Å²) >= 11 is 0. The molecule has 7 heteroatoms. The van der Waals surface area contributed by atoms with Gasteiger partial charge in [-0.15, -0.1) is 0 Å². The van der Waals surface area contributed by atoms with Crippen LogP contribution in [0.3, 0.4) is 0 Å². The quantitative estimate of drug-likeness (QED) is 0.717. The average molecular weight is 253 g/mol. The molecule has 0 aliphatic heterocycles. The van der Waals surface area contributed by atoms with Gasteiger partial charge < -0.3 is 5.73 Å². The summed E-state index contributed by atoms with van der Waals surface area (Å²) in [7, 11) is -3.63. The predicted molar refractivity (Wildman–Crippen MR) is 60.4 cm³/mol. The molecule has 0 aromatic heterocycles. The Morgan fingerprint density at radius 1 is 1.35 bits per heavy atom. The molecule has 0 atom stereocenters. The van der Waals surface area contributed by atoms with Crippen LogP contribution in [-0.4, -0.2) is 20.9 Å². The second kappa shape index (κ2) is 5.43. The van der Waals surface area contributed by atoms with Gasteiger partial charge in [-0.1, -0.05) is 0 Å². The number of nitrogens with zero attached hydrogens (tertiary/aromatic N) is 1. The van der Waals surface area contributed by atoms with Crippen molar-refractivity contribution < 1.29 is 13.2 Å². The van der Waals surface area contributed by atoms with E-state index in [1.54, 1.807) is 0 Å². The first-order chi connectivity index (χ1) is 7.97. The van der Waals surface area contributed by atoms with Gasteiger partial charge in [0.25, 0.3) is 0 Å². The van der Waals surface area contributed by atoms with E-state index in [-0.39, 0.29) is 23.4 Å². The number of rotatable bonds is 5. The SMILES string of the molecule is N#CCCNS(=O)(=O)c1ccc(C(N)=O)cc1. The summed E-state index contributed by atoms with van der Waals surface area (Å²) in [6.07, 6.45) is 0.0958. The van der Waals surface area contributed by atoms with Gasteiger partial charge in [0, 0.05) is 18.5 Å². The van der Waals surface area contributed by atoms with E-state index < -0.39 is 15.9 Å². The van der Waals surface area contributed by atoms with Gasteiger partial charge in [0.15, 0.2) is 0 Å². The number of nitriles is 1. The summed E-state index contributed by atoms with van der Waals surface area (Å²) in [4.78, 5) is 10.8. The van der Waals surface area contributed by atoms with Gasteiger partial charge in [0.05, 0.1) is 11.0 Å². The summed E-state index contributed by atoms with van der Waals surface area (Å²) in [5, 5.41) is 8.29.